The SMILES string of the molecule is O=C1CO[C@H](COc2ccc(C3COC3)c3cccnc23)CN1c1ccc(OC(F)(F)F)cc1. The molecule has 1 aromatic heterocycles. The van der Waals surface area contributed by atoms with E-state index in [0.717, 1.165) is 10.9 Å². The number of halogens is 3. The van der Waals surface area contributed by atoms with Gasteiger partial charge in [0.05, 0.1) is 19.8 Å². The van der Waals surface area contributed by atoms with Crippen LogP contribution in [0.1, 0.15) is 11.5 Å². The maximum absolute atomic E-state index is 12.4. The van der Waals surface area contributed by atoms with Crippen LogP contribution in [0.2, 0.25) is 0 Å². The molecule has 0 aliphatic carbocycles. The lowest BCUT2D eigenvalue weighted by atomic mass is 9.93. The number of nitrogens with zero attached hydrogens (tertiary/aromatic N) is 2. The van der Waals surface area contributed by atoms with Crippen LogP contribution in [0.5, 0.6) is 11.5 Å². The Bertz CT molecular complexity index is 1180. The topological polar surface area (TPSA) is 70.1 Å². The number of anilines is 1. The quantitative estimate of drug-likeness (QED) is 0.537. The molecule has 0 N–H and O–H groups in total. The van der Waals surface area contributed by atoms with Gasteiger partial charge in [0.15, 0.2) is 0 Å². The van der Waals surface area contributed by atoms with Crippen molar-refractivity contribution in [3.63, 3.8) is 0 Å². The van der Waals surface area contributed by atoms with E-state index < -0.39 is 12.5 Å². The molecule has 0 bridgehead atoms. The van der Waals surface area contributed by atoms with Gasteiger partial charge in [0.1, 0.15) is 36.3 Å². The van der Waals surface area contributed by atoms with Crippen LogP contribution < -0.4 is 14.4 Å². The van der Waals surface area contributed by atoms with Gasteiger partial charge in [0.25, 0.3) is 5.91 Å². The number of ether oxygens (including phenoxy) is 4. The summed E-state index contributed by atoms with van der Waals surface area (Å²) in [4.78, 5) is 18.3. The molecule has 2 aliphatic rings. The minimum atomic E-state index is -4.78. The van der Waals surface area contributed by atoms with Crippen molar-refractivity contribution in [2.45, 2.75) is 18.4 Å². The van der Waals surface area contributed by atoms with Crippen molar-refractivity contribution in [1.29, 1.82) is 0 Å². The monoisotopic (exact) mass is 474 g/mol. The number of pyridine rings is 1. The molecule has 0 unspecified atom stereocenters. The predicted octanol–water partition coefficient (Wildman–Crippen LogP) is 4.06. The fraction of sp³-hybridized carbons (Fsp3) is 0.333. The molecule has 10 heteroatoms. The Balaban J connectivity index is 1.27. The summed E-state index contributed by atoms with van der Waals surface area (Å²) in [7, 11) is 0. The van der Waals surface area contributed by atoms with Crippen molar-refractivity contribution in [3.8, 4) is 11.5 Å². The maximum Gasteiger partial charge on any atom is 0.573 e. The van der Waals surface area contributed by atoms with Gasteiger partial charge in [-0.25, -0.2) is 0 Å². The highest BCUT2D eigenvalue weighted by Crippen LogP contribution is 2.34. The van der Waals surface area contributed by atoms with Gasteiger partial charge in [-0.1, -0.05) is 12.1 Å². The Morgan fingerprint density at radius 2 is 1.88 bits per heavy atom. The van der Waals surface area contributed by atoms with Gasteiger partial charge in [-0.15, -0.1) is 13.2 Å². The van der Waals surface area contributed by atoms with E-state index in [1.165, 1.54) is 34.7 Å². The first-order valence-electron chi connectivity index (χ1n) is 10.7. The van der Waals surface area contributed by atoms with Crippen LogP contribution in [0.3, 0.4) is 0 Å². The molecule has 5 rings (SSSR count). The van der Waals surface area contributed by atoms with E-state index in [9.17, 15) is 18.0 Å². The van der Waals surface area contributed by atoms with Gasteiger partial charge in [-0.2, -0.15) is 0 Å². The summed E-state index contributed by atoms with van der Waals surface area (Å²) in [5, 5.41) is 1.01. The molecule has 3 heterocycles. The molecular formula is C24H21F3N2O5. The van der Waals surface area contributed by atoms with Gasteiger partial charge in [-0.3, -0.25) is 9.78 Å². The van der Waals surface area contributed by atoms with E-state index in [1.807, 2.05) is 24.3 Å². The van der Waals surface area contributed by atoms with E-state index in [2.05, 4.69) is 9.72 Å². The van der Waals surface area contributed by atoms with Crippen LogP contribution in [-0.2, 0) is 14.3 Å². The van der Waals surface area contributed by atoms with Crippen molar-refractivity contribution in [1.82, 2.24) is 4.98 Å². The second-order valence-electron chi connectivity index (χ2n) is 8.08. The van der Waals surface area contributed by atoms with Crippen molar-refractivity contribution >= 4 is 22.5 Å². The zero-order valence-corrected chi connectivity index (χ0v) is 18.0. The Morgan fingerprint density at radius 1 is 1.09 bits per heavy atom. The molecule has 34 heavy (non-hydrogen) atoms. The average molecular weight is 474 g/mol. The summed E-state index contributed by atoms with van der Waals surface area (Å²) >= 11 is 0. The summed E-state index contributed by atoms with van der Waals surface area (Å²) in [6, 6.07) is 12.9. The minimum Gasteiger partial charge on any atom is -0.489 e. The largest absolute Gasteiger partial charge is 0.573 e. The molecule has 2 aliphatic heterocycles. The van der Waals surface area contributed by atoms with Gasteiger partial charge < -0.3 is 23.8 Å². The van der Waals surface area contributed by atoms with Gasteiger partial charge >= 0.3 is 6.36 Å². The van der Waals surface area contributed by atoms with Crippen LogP contribution in [0.25, 0.3) is 10.9 Å². The smallest absolute Gasteiger partial charge is 0.489 e. The highest BCUT2D eigenvalue weighted by Gasteiger charge is 2.32. The zero-order chi connectivity index (χ0) is 23.7. The number of aromatic nitrogens is 1. The molecule has 1 atom stereocenters. The van der Waals surface area contributed by atoms with Crippen molar-refractivity contribution < 1.29 is 36.9 Å². The van der Waals surface area contributed by atoms with E-state index in [4.69, 9.17) is 14.2 Å². The first kappa shape index (κ1) is 22.4. The maximum atomic E-state index is 12.4. The number of amides is 1. The normalized spacial score (nSPS) is 19.2. The minimum absolute atomic E-state index is 0.158. The molecule has 1 amide bonds. The Hall–Kier alpha value is -3.37. The highest BCUT2D eigenvalue weighted by molar-refractivity contribution is 5.95. The lowest BCUT2D eigenvalue weighted by Gasteiger charge is -2.33. The Kier molecular flexibility index (Phi) is 6.01. The fourth-order valence-electron chi connectivity index (χ4n) is 4.04. The lowest BCUT2D eigenvalue weighted by molar-refractivity contribution is -0.274. The average Bonchev–Trinajstić information content (AvgIpc) is 2.78. The van der Waals surface area contributed by atoms with E-state index in [1.54, 1.807) is 6.20 Å². The number of morpholine rings is 1. The van der Waals surface area contributed by atoms with Crippen LogP contribution in [-0.4, -0.2) is 56.3 Å². The second kappa shape index (κ2) is 9.11. The number of hydrogen-bond donors (Lipinski definition) is 0. The fourth-order valence-corrected chi connectivity index (χ4v) is 4.04. The summed E-state index contributed by atoms with van der Waals surface area (Å²) < 4.78 is 58.0. The number of alkyl halides is 3. The molecule has 0 saturated carbocycles. The molecular weight excluding hydrogens is 453 g/mol. The molecule has 0 radical (unpaired) electrons. The molecule has 178 valence electrons. The summed E-state index contributed by atoms with van der Waals surface area (Å²) in [6.07, 6.45) is -3.50. The summed E-state index contributed by atoms with van der Waals surface area (Å²) in [5.74, 6) is 0.309. The summed E-state index contributed by atoms with van der Waals surface area (Å²) in [5.41, 5.74) is 2.37. The molecule has 3 aromatic rings. The first-order chi connectivity index (χ1) is 16.4. The first-order valence-corrected chi connectivity index (χ1v) is 10.7. The third kappa shape index (κ3) is 4.78. The molecule has 2 aromatic carbocycles. The number of benzene rings is 2. The number of rotatable bonds is 6. The third-order valence-electron chi connectivity index (χ3n) is 5.78. The molecule has 7 nitrogen and oxygen atoms in total. The van der Waals surface area contributed by atoms with Gasteiger partial charge in [0, 0.05) is 23.2 Å². The van der Waals surface area contributed by atoms with Gasteiger partial charge in [-0.05, 0) is 42.0 Å². The van der Waals surface area contributed by atoms with E-state index >= 15 is 0 Å². The van der Waals surface area contributed by atoms with Crippen molar-refractivity contribution in [2.24, 2.45) is 0 Å². The summed E-state index contributed by atoms with van der Waals surface area (Å²) in [6.45, 7) is 1.59. The van der Waals surface area contributed by atoms with Crippen molar-refractivity contribution in [3.05, 3.63) is 60.3 Å². The highest BCUT2D eigenvalue weighted by atomic mass is 19.4. The third-order valence-corrected chi connectivity index (χ3v) is 5.78. The number of carbonyl (C=O) groups excluding carboxylic acids is 1. The van der Waals surface area contributed by atoms with Crippen LogP contribution in [0, 0.1) is 0 Å². The van der Waals surface area contributed by atoms with E-state index in [-0.39, 0.29) is 31.4 Å². The van der Waals surface area contributed by atoms with E-state index in [0.29, 0.717) is 30.6 Å². The number of fused-ring (bicyclic) bond motifs is 1. The standard InChI is InChI=1S/C24H21F3N2O5/c25-24(26,27)34-17-5-3-16(4-6-17)29-10-18(32-14-22(29)30)13-33-21-8-7-19(15-11-31-12-15)20-2-1-9-28-23(20)21/h1-9,15,18H,10-14H2/t18-/m0/s1. The zero-order valence-electron chi connectivity index (χ0n) is 18.0. The second-order valence-corrected chi connectivity index (χ2v) is 8.08. The predicted molar refractivity (Wildman–Crippen MR) is 116 cm³/mol. The molecule has 0 spiro atoms. The van der Waals surface area contributed by atoms with Crippen molar-refractivity contribution in [2.75, 3.05) is 37.9 Å². The number of hydrogen-bond acceptors (Lipinski definition) is 6. The van der Waals surface area contributed by atoms with Gasteiger partial charge in [0.2, 0.25) is 0 Å². The Labute approximate surface area is 193 Å². The molecule has 2 saturated heterocycles. The van der Waals surface area contributed by atoms with Crippen LogP contribution >= 0.6 is 0 Å². The van der Waals surface area contributed by atoms with Crippen LogP contribution in [0.15, 0.2) is 54.7 Å². The lowest BCUT2D eigenvalue weighted by Crippen LogP contribution is -2.48. The van der Waals surface area contributed by atoms with Crippen LogP contribution in [0.4, 0.5) is 18.9 Å². The Morgan fingerprint density at radius 3 is 2.59 bits per heavy atom. The number of carbonyl (C=O) groups is 1. The molecule has 2 fully saturated rings.